The Morgan fingerprint density at radius 1 is 1.16 bits per heavy atom. The first-order valence-electron chi connectivity index (χ1n) is 11.1. The average Bonchev–Trinajstić information content (AvgIpc) is 3.36. The summed E-state index contributed by atoms with van der Waals surface area (Å²) >= 11 is 0. The minimum Gasteiger partial charge on any atom is -0.481 e. The van der Waals surface area contributed by atoms with Crippen molar-refractivity contribution in [3.63, 3.8) is 0 Å². The Kier molecular flexibility index (Phi) is 7.31. The maximum Gasteiger partial charge on any atom is 0.306 e. The molecule has 2 heterocycles. The van der Waals surface area contributed by atoms with E-state index in [0.29, 0.717) is 24.4 Å². The van der Waals surface area contributed by atoms with E-state index in [0.717, 1.165) is 35.3 Å². The molecule has 1 N–H and O–H groups in total. The van der Waals surface area contributed by atoms with Gasteiger partial charge in [0.25, 0.3) is 0 Å². The number of furan rings is 1. The molecule has 2 aromatic heterocycles. The number of aromatic nitrogens is 2. The number of Topliss-reactive ketones (excluding diaryl/α,β-unsaturated/α-hetero) is 1. The molecule has 0 unspecified atom stereocenters. The fourth-order valence-electron chi connectivity index (χ4n) is 4.27. The first-order chi connectivity index (χ1) is 14.8. The Bertz CT molecular complexity index is 1030. The topological polar surface area (TPSA) is 85.3 Å². The summed E-state index contributed by atoms with van der Waals surface area (Å²) in [6, 6.07) is 7.82. The van der Waals surface area contributed by atoms with Gasteiger partial charge in [-0.05, 0) is 55.0 Å². The number of carbonyl (C=O) groups is 2. The van der Waals surface area contributed by atoms with Gasteiger partial charge < -0.3 is 14.1 Å². The molecule has 0 bridgehead atoms. The Morgan fingerprint density at radius 3 is 2.48 bits per heavy atom. The Balaban J connectivity index is 1.96. The quantitative estimate of drug-likeness (QED) is 0.387. The van der Waals surface area contributed by atoms with Crippen LogP contribution in [0.4, 0.5) is 0 Å². The third kappa shape index (κ3) is 5.24. The van der Waals surface area contributed by atoms with Crippen LogP contribution in [0.3, 0.4) is 0 Å². The molecule has 6 nitrogen and oxygen atoms in total. The Morgan fingerprint density at radius 2 is 1.90 bits per heavy atom. The van der Waals surface area contributed by atoms with Gasteiger partial charge >= 0.3 is 5.97 Å². The second kappa shape index (κ2) is 9.94. The molecule has 3 aromatic rings. The number of rotatable bonds is 11. The molecule has 0 radical (unpaired) electrons. The van der Waals surface area contributed by atoms with Crippen molar-refractivity contribution in [1.29, 1.82) is 0 Å². The monoisotopic (exact) mass is 424 g/mol. The van der Waals surface area contributed by atoms with Crippen LogP contribution in [0.2, 0.25) is 0 Å². The molecule has 0 aliphatic rings. The number of ketones is 1. The zero-order valence-electron chi connectivity index (χ0n) is 18.8. The maximum atomic E-state index is 12.9. The van der Waals surface area contributed by atoms with Crippen LogP contribution in [0.15, 0.2) is 41.2 Å². The summed E-state index contributed by atoms with van der Waals surface area (Å²) in [7, 11) is 0. The lowest BCUT2D eigenvalue weighted by Crippen LogP contribution is -2.20. The lowest BCUT2D eigenvalue weighted by atomic mass is 9.90. The van der Waals surface area contributed by atoms with E-state index < -0.39 is 11.9 Å². The van der Waals surface area contributed by atoms with E-state index in [1.807, 2.05) is 32.0 Å². The number of hydrogen-bond acceptors (Lipinski definition) is 4. The molecule has 0 saturated carbocycles. The van der Waals surface area contributed by atoms with Gasteiger partial charge in [-0.1, -0.05) is 27.7 Å². The van der Waals surface area contributed by atoms with Crippen molar-refractivity contribution in [2.75, 3.05) is 0 Å². The van der Waals surface area contributed by atoms with Crippen molar-refractivity contribution in [3.05, 3.63) is 53.7 Å². The van der Waals surface area contributed by atoms with Gasteiger partial charge in [0.05, 0.1) is 29.5 Å². The second-order valence-electron chi connectivity index (χ2n) is 8.67. The first kappa shape index (κ1) is 22.8. The number of imidazole rings is 1. The van der Waals surface area contributed by atoms with Crippen LogP contribution < -0.4 is 0 Å². The van der Waals surface area contributed by atoms with E-state index in [4.69, 9.17) is 9.40 Å². The molecule has 0 amide bonds. The van der Waals surface area contributed by atoms with Crippen LogP contribution in [-0.4, -0.2) is 26.4 Å². The summed E-state index contributed by atoms with van der Waals surface area (Å²) in [4.78, 5) is 29.3. The zero-order valence-corrected chi connectivity index (χ0v) is 18.8. The first-order valence-corrected chi connectivity index (χ1v) is 11.1. The van der Waals surface area contributed by atoms with E-state index in [1.165, 1.54) is 0 Å². The van der Waals surface area contributed by atoms with Gasteiger partial charge in [-0.3, -0.25) is 9.59 Å². The number of aliphatic carboxylic acids is 1. The van der Waals surface area contributed by atoms with E-state index in [9.17, 15) is 14.7 Å². The third-order valence-electron chi connectivity index (χ3n) is 5.87. The number of hydrogen-bond donors (Lipinski definition) is 1. The van der Waals surface area contributed by atoms with Gasteiger partial charge in [0.15, 0.2) is 5.78 Å². The average molecular weight is 425 g/mol. The summed E-state index contributed by atoms with van der Waals surface area (Å²) in [5.74, 6) is -0.565. The van der Waals surface area contributed by atoms with Crippen molar-refractivity contribution in [2.24, 2.45) is 11.8 Å². The highest BCUT2D eigenvalue weighted by Crippen LogP contribution is 2.28. The molecule has 0 spiro atoms. The highest BCUT2D eigenvalue weighted by atomic mass is 16.4. The smallest absolute Gasteiger partial charge is 0.306 e. The van der Waals surface area contributed by atoms with Crippen molar-refractivity contribution in [1.82, 2.24) is 9.55 Å². The van der Waals surface area contributed by atoms with Crippen LogP contribution in [0.5, 0.6) is 0 Å². The van der Waals surface area contributed by atoms with Crippen LogP contribution >= 0.6 is 0 Å². The lowest BCUT2D eigenvalue weighted by Gasteiger charge is -2.19. The minimum atomic E-state index is -0.913. The minimum absolute atomic E-state index is 0.00809. The van der Waals surface area contributed by atoms with Crippen LogP contribution in [-0.2, 0) is 11.2 Å². The molecule has 0 aliphatic heterocycles. The lowest BCUT2D eigenvalue weighted by molar-refractivity contribution is -0.142. The van der Waals surface area contributed by atoms with Crippen LogP contribution in [0.1, 0.15) is 81.2 Å². The fraction of sp³-hybridized carbons (Fsp3) is 0.480. The molecule has 166 valence electrons. The predicted molar refractivity (Wildman–Crippen MR) is 120 cm³/mol. The van der Waals surface area contributed by atoms with Gasteiger partial charge in [-0.25, -0.2) is 4.98 Å². The van der Waals surface area contributed by atoms with Crippen LogP contribution in [0.25, 0.3) is 11.0 Å². The van der Waals surface area contributed by atoms with Gasteiger partial charge in [0, 0.05) is 24.4 Å². The number of carbonyl (C=O) groups excluding carboxylic acids is 1. The van der Waals surface area contributed by atoms with Gasteiger partial charge in [0.2, 0.25) is 0 Å². The molecule has 3 rings (SSSR count). The number of carboxylic acid groups (broad SMARTS) is 1. The number of fused-ring (bicyclic) bond motifs is 1. The Hall–Kier alpha value is -2.89. The van der Waals surface area contributed by atoms with Crippen molar-refractivity contribution >= 4 is 22.8 Å². The normalized spacial score (nSPS) is 12.7. The molecule has 0 saturated heterocycles. The molecule has 6 heteroatoms. The highest BCUT2D eigenvalue weighted by molar-refractivity contribution is 6.00. The van der Waals surface area contributed by atoms with Crippen molar-refractivity contribution in [3.8, 4) is 0 Å². The van der Waals surface area contributed by atoms with E-state index in [1.54, 1.807) is 18.6 Å². The SMILES string of the molecule is CCC(CC)n1c(Cc2ccoc2)nc2cc(C(=O)C[C@@H](CC(C)C)C(=O)O)ccc21. The third-order valence-corrected chi connectivity index (χ3v) is 5.87. The van der Waals surface area contributed by atoms with E-state index in [-0.39, 0.29) is 18.1 Å². The summed E-state index contributed by atoms with van der Waals surface area (Å²) in [6.07, 6.45) is 6.50. The Labute approximate surface area is 183 Å². The highest BCUT2D eigenvalue weighted by Gasteiger charge is 2.24. The fourth-order valence-corrected chi connectivity index (χ4v) is 4.27. The number of nitrogens with zero attached hydrogens (tertiary/aromatic N) is 2. The molecule has 0 aliphatic carbocycles. The second-order valence-corrected chi connectivity index (χ2v) is 8.67. The van der Waals surface area contributed by atoms with E-state index >= 15 is 0 Å². The van der Waals surface area contributed by atoms with Crippen molar-refractivity contribution in [2.45, 2.75) is 65.8 Å². The largest absolute Gasteiger partial charge is 0.481 e. The molecular weight excluding hydrogens is 392 g/mol. The molecular formula is C25H32N2O4. The summed E-state index contributed by atoms with van der Waals surface area (Å²) in [5.41, 5.74) is 3.34. The van der Waals surface area contributed by atoms with Crippen LogP contribution in [0, 0.1) is 11.8 Å². The predicted octanol–water partition coefficient (Wildman–Crippen LogP) is 5.90. The number of carboxylic acids is 1. The van der Waals surface area contributed by atoms with Gasteiger partial charge in [-0.2, -0.15) is 0 Å². The van der Waals surface area contributed by atoms with Gasteiger partial charge in [-0.15, -0.1) is 0 Å². The summed E-state index contributed by atoms with van der Waals surface area (Å²) < 4.78 is 7.49. The standard InChI is InChI=1S/C25H32N2O4/c1-5-20(6-2)27-22-8-7-18(23(28)14-19(25(29)30)11-16(3)4)13-21(22)26-24(27)12-17-9-10-31-15-17/h7-10,13,15-16,19-20H,5-6,11-12,14H2,1-4H3,(H,29,30)/t19-/m1/s1. The summed E-state index contributed by atoms with van der Waals surface area (Å²) in [6.45, 7) is 8.28. The molecule has 0 fully saturated rings. The molecule has 1 aromatic carbocycles. The molecule has 1 atom stereocenters. The number of benzene rings is 1. The maximum absolute atomic E-state index is 12.9. The zero-order chi connectivity index (χ0) is 22.5. The van der Waals surface area contributed by atoms with Crippen molar-refractivity contribution < 1.29 is 19.1 Å². The van der Waals surface area contributed by atoms with Gasteiger partial charge in [0.1, 0.15) is 5.82 Å². The summed E-state index contributed by atoms with van der Waals surface area (Å²) in [5, 5.41) is 9.49. The van der Waals surface area contributed by atoms with E-state index in [2.05, 4.69) is 18.4 Å². The molecule has 31 heavy (non-hydrogen) atoms.